The molecule has 0 rings (SSSR count). The van der Waals surface area contributed by atoms with Gasteiger partial charge >= 0.3 is 0 Å². The van der Waals surface area contributed by atoms with Crippen LogP contribution in [0.4, 0.5) is 0 Å². The lowest BCUT2D eigenvalue weighted by Gasteiger charge is -2.11. The minimum absolute atomic E-state index is 0.257. The second kappa shape index (κ2) is 5.45. The Morgan fingerprint density at radius 1 is 1.50 bits per heavy atom. The van der Waals surface area contributed by atoms with E-state index in [1.165, 1.54) is 5.57 Å². The highest BCUT2D eigenvalue weighted by molar-refractivity contribution is 5.02. The van der Waals surface area contributed by atoms with Gasteiger partial charge in [-0.2, -0.15) is 0 Å². The second-order valence-electron chi connectivity index (χ2n) is 2.66. The fourth-order valence-electron chi connectivity index (χ4n) is 0.864. The van der Waals surface area contributed by atoms with Crippen LogP contribution in [-0.4, -0.2) is 37.3 Å². The van der Waals surface area contributed by atoms with Gasteiger partial charge in [-0.1, -0.05) is 11.6 Å². The zero-order valence-corrected chi connectivity index (χ0v) is 7.09. The van der Waals surface area contributed by atoms with Crippen LogP contribution in [0.3, 0.4) is 0 Å². The quantitative estimate of drug-likeness (QED) is 0.590. The van der Waals surface area contributed by atoms with Crippen LogP contribution in [0.1, 0.15) is 13.3 Å². The van der Waals surface area contributed by atoms with E-state index in [1.807, 2.05) is 21.0 Å². The SMILES string of the molecule is C/C=C(/CCO)CN(C)C. The first-order valence-electron chi connectivity index (χ1n) is 3.60. The average molecular weight is 143 g/mol. The van der Waals surface area contributed by atoms with Crippen molar-refractivity contribution in [2.75, 3.05) is 27.2 Å². The van der Waals surface area contributed by atoms with Crippen molar-refractivity contribution in [1.29, 1.82) is 0 Å². The summed E-state index contributed by atoms with van der Waals surface area (Å²) in [5, 5.41) is 8.62. The summed E-state index contributed by atoms with van der Waals surface area (Å²) in [6.07, 6.45) is 2.87. The van der Waals surface area contributed by atoms with Gasteiger partial charge in [0.1, 0.15) is 0 Å². The molecule has 0 saturated heterocycles. The predicted octanol–water partition coefficient (Wildman–Crippen LogP) is 0.877. The topological polar surface area (TPSA) is 23.5 Å². The maximum atomic E-state index is 8.62. The highest BCUT2D eigenvalue weighted by atomic mass is 16.2. The molecule has 0 aliphatic carbocycles. The lowest BCUT2D eigenvalue weighted by Crippen LogP contribution is -2.15. The number of nitrogens with zero attached hydrogens (tertiary/aromatic N) is 1. The van der Waals surface area contributed by atoms with Gasteiger partial charge in [0, 0.05) is 13.2 Å². The number of hydrogen-bond acceptors (Lipinski definition) is 2. The molecular formula is C8H17NO. The van der Waals surface area contributed by atoms with Gasteiger partial charge in [0.25, 0.3) is 0 Å². The lowest BCUT2D eigenvalue weighted by molar-refractivity contribution is 0.294. The van der Waals surface area contributed by atoms with E-state index in [2.05, 4.69) is 11.0 Å². The van der Waals surface area contributed by atoms with E-state index < -0.39 is 0 Å². The summed E-state index contributed by atoms with van der Waals surface area (Å²) < 4.78 is 0. The summed E-state index contributed by atoms with van der Waals surface area (Å²) >= 11 is 0. The van der Waals surface area contributed by atoms with Crippen LogP contribution in [0.25, 0.3) is 0 Å². The maximum absolute atomic E-state index is 8.62. The van der Waals surface area contributed by atoms with Crippen molar-refractivity contribution in [1.82, 2.24) is 4.90 Å². The summed E-state index contributed by atoms with van der Waals surface area (Å²) in [5.74, 6) is 0. The van der Waals surface area contributed by atoms with E-state index >= 15 is 0 Å². The molecule has 2 heteroatoms. The van der Waals surface area contributed by atoms with Crippen LogP contribution in [-0.2, 0) is 0 Å². The molecule has 0 spiro atoms. The highest BCUT2D eigenvalue weighted by Gasteiger charge is 1.95. The van der Waals surface area contributed by atoms with Crippen LogP contribution < -0.4 is 0 Å². The monoisotopic (exact) mass is 143 g/mol. The van der Waals surface area contributed by atoms with E-state index in [0.29, 0.717) is 0 Å². The average Bonchev–Trinajstić information content (AvgIpc) is 1.86. The molecule has 0 bridgehead atoms. The van der Waals surface area contributed by atoms with Crippen molar-refractivity contribution in [3.05, 3.63) is 11.6 Å². The molecule has 0 amide bonds. The van der Waals surface area contributed by atoms with Gasteiger partial charge in [0.05, 0.1) is 0 Å². The third kappa shape index (κ3) is 4.53. The zero-order valence-electron chi connectivity index (χ0n) is 7.09. The Kier molecular flexibility index (Phi) is 5.26. The van der Waals surface area contributed by atoms with Gasteiger partial charge in [-0.05, 0) is 27.4 Å². The molecule has 2 nitrogen and oxygen atoms in total. The van der Waals surface area contributed by atoms with Gasteiger partial charge in [-0.3, -0.25) is 0 Å². The van der Waals surface area contributed by atoms with Crippen LogP contribution in [0.2, 0.25) is 0 Å². The van der Waals surface area contributed by atoms with Crippen molar-refractivity contribution >= 4 is 0 Å². The fourth-order valence-corrected chi connectivity index (χ4v) is 0.864. The van der Waals surface area contributed by atoms with E-state index in [1.54, 1.807) is 0 Å². The number of rotatable bonds is 4. The van der Waals surface area contributed by atoms with Crippen LogP contribution in [0.15, 0.2) is 11.6 Å². The Labute approximate surface area is 63.2 Å². The van der Waals surface area contributed by atoms with Crippen molar-refractivity contribution in [3.63, 3.8) is 0 Å². The standard InChI is InChI=1S/C8H17NO/c1-4-8(5-6-10)7-9(2)3/h4,10H,5-7H2,1-3H3/b8-4-. The van der Waals surface area contributed by atoms with E-state index in [-0.39, 0.29) is 6.61 Å². The third-order valence-electron chi connectivity index (χ3n) is 1.36. The Bertz CT molecular complexity index is 108. The molecule has 0 aliphatic rings. The summed E-state index contributed by atoms with van der Waals surface area (Å²) in [7, 11) is 4.06. The van der Waals surface area contributed by atoms with E-state index in [4.69, 9.17) is 5.11 Å². The molecule has 0 saturated carbocycles. The van der Waals surface area contributed by atoms with Crippen molar-refractivity contribution < 1.29 is 5.11 Å². The number of hydrogen-bond donors (Lipinski definition) is 1. The normalized spacial score (nSPS) is 12.7. The highest BCUT2D eigenvalue weighted by Crippen LogP contribution is 2.00. The largest absolute Gasteiger partial charge is 0.396 e. The molecule has 0 unspecified atom stereocenters. The molecule has 0 heterocycles. The Morgan fingerprint density at radius 2 is 2.10 bits per heavy atom. The fraction of sp³-hybridized carbons (Fsp3) is 0.750. The Balaban J connectivity index is 3.62. The second-order valence-corrected chi connectivity index (χ2v) is 2.66. The number of aliphatic hydroxyl groups is 1. The molecule has 0 atom stereocenters. The predicted molar refractivity (Wildman–Crippen MR) is 44.0 cm³/mol. The van der Waals surface area contributed by atoms with Gasteiger partial charge in [-0.25, -0.2) is 0 Å². The molecule has 0 fully saturated rings. The summed E-state index contributed by atoms with van der Waals surface area (Å²) in [4.78, 5) is 2.10. The minimum atomic E-state index is 0.257. The van der Waals surface area contributed by atoms with Crippen LogP contribution in [0.5, 0.6) is 0 Å². The van der Waals surface area contributed by atoms with Crippen LogP contribution in [0, 0.1) is 0 Å². The van der Waals surface area contributed by atoms with Gasteiger partial charge in [0.15, 0.2) is 0 Å². The maximum Gasteiger partial charge on any atom is 0.0468 e. The van der Waals surface area contributed by atoms with Crippen LogP contribution >= 0.6 is 0 Å². The molecule has 1 N–H and O–H groups in total. The first kappa shape index (κ1) is 9.66. The molecule has 0 aromatic rings. The van der Waals surface area contributed by atoms with Crippen molar-refractivity contribution in [3.8, 4) is 0 Å². The summed E-state index contributed by atoms with van der Waals surface area (Å²) in [5.41, 5.74) is 1.30. The summed E-state index contributed by atoms with van der Waals surface area (Å²) in [6, 6.07) is 0. The van der Waals surface area contributed by atoms with Crippen molar-refractivity contribution in [2.24, 2.45) is 0 Å². The van der Waals surface area contributed by atoms with Gasteiger partial charge < -0.3 is 10.0 Å². The molecule has 10 heavy (non-hydrogen) atoms. The first-order valence-corrected chi connectivity index (χ1v) is 3.60. The van der Waals surface area contributed by atoms with E-state index in [0.717, 1.165) is 13.0 Å². The minimum Gasteiger partial charge on any atom is -0.396 e. The smallest absolute Gasteiger partial charge is 0.0468 e. The zero-order chi connectivity index (χ0) is 7.98. The third-order valence-corrected chi connectivity index (χ3v) is 1.36. The number of allylic oxidation sites excluding steroid dienone is 1. The molecular weight excluding hydrogens is 126 g/mol. The molecule has 0 aromatic carbocycles. The lowest BCUT2D eigenvalue weighted by atomic mass is 10.2. The molecule has 0 radical (unpaired) electrons. The first-order chi connectivity index (χ1) is 4.70. The number of likely N-dealkylation sites (N-methyl/N-ethyl adjacent to an activating group) is 1. The van der Waals surface area contributed by atoms with Gasteiger partial charge in [0.2, 0.25) is 0 Å². The molecule has 60 valence electrons. The summed E-state index contributed by atoms with van der Waals surface area (Å²) in [6.45, 7) is 3.22. The Hall–Kier alpha value is -0.340. The van der Waals surface area contributed by atoms with Gasteiger partial charge in [-0.15, -0.1) is 0 Å². The molecule has 0 aromatic heterocycles. The van der Waals surface area contributed by atoms with E-state index in [9.17, 15) is 0 Å². The van der Waals surface area contributed by atoms with Crippen molar-refractivity contribution in [2.45, 2.75) is 13.3 Å². The number of aliphatic hydroxyl groups excluding tert-OH is 1. The Morgan fingerprint density at radius 3 is 2.40 bits per heavy atom. The molecule has 0 aliphatic heterocycles.